The molecule has 0 aromatic heterocycles. The van der Waals surface area contributed by atoms with Gasteiger partial charge < -0.3 is 15.9 Å². The van der Waals surface area contributed by atoms with Gasteiger partial charge in [-0.3, -0.25) is 0 Å². The molecule has 12 heavy (non-hydrogen) atoms. The summed E-state index contributed by atoms with van der Waals surface area (Å²) in [6, 6.07) is 4.48. The Morgan fingerprint density at radius 3 is 2.67 bits per heavy atom. The molecule has 0 saturated heterocycles. The van der Waals surface area contributed by atoms with Gasteiger partial charge in [0.05, 0.1) is 12.6 Å². The number of hydrogen-bond donors (Lipinski definition) is 3. The van der Waals surface area contributed by atoms with Crippen molar-refractivity contribution in [2.45, 2.75) is 6.04 Å². The fraction of sp³-hybridized carbons (Fsp3) is 0.250. The first-order chi connectivity index (χ1) is 5.65. The maximum absolute atomic E-state index is 9.37. The fourth-order valence-corrected chi connectivity index (χ4v) is 1.28. The summed E-state index contributed by atoms with van der Waals surface area (Å²) in [7, 11) is 0. The van der Waals surface area contributed by atoms with Crippen LogP contribution in [0.15, 0.2) is 22.7 Å². The van der Waals surface area contributed by atoms with E-state index in [1.165, 1.54) is 0 Å². The van der Waals surface area contributed by atoms with Crippen LogP contribution >= 0.6 is 15.9 Å². The van der Waals surface area contributed by atoms with E-state index in [2.05, 4.69) is 15.9 Å². The van der Waals surface area contributed by atoms with Crippen molar-refractivity contribution in [3.8, 4) is 5.75 Å². The topological polar surface area (TPSA) is 66.5 Å². The molecular weight excluding hydrogens is 222 g/mol. The SMILES string of the molecule is N[C@H](CO)c1ccc(Br)cc1O. The monoisotopic (exact) mass is 231 g/mol. The van der Waals surface area contributed by atoms with Crippen molar-refractivity contribution in [1.82, 2.24) is 0 Å². The van der Waals surface area contributed by atoms with Crippen LogP contribution < -0.4 is 5.73 Å². The molecule has 0 radical (unpaired) electrons. The van der Waals surface area contributed by atoms with Crippen molar-refractivity contribution < 1.29 is 10.2 Å². The van der Waals surface area contributed by atoms with Gasteiger partial charge in [-0.25, -0.2) is 0 Å². The third-order valence-corrected chi connectivity index (χ3v) is 2.08. The van der Waals surface area contributed by atoms with E-state index in [4.69, 9.17) is 10.8 Å². The third-order valence-electron chi connectivity index (χ3n) is 1.59. The van der Waals surface area contributed by atoms with Crippen LogP contribution in [-0.2, 0) is 0 Å². The van der Waals surface area contributed by atoms with E-state index in [9.17, 15) is 5.11 Å². The number of halogens is 1. The minimum absolute atomic E-state index is 0.103. The van der Waals surface area contributed by atoms with Crippen molar-refractivity contribution in [2.75, 3.05) is 6.61 Å². The molecule has 0 amide bonds. The van der Waals surface area contributed by atoms with Crippen molar-refractivity contribution in [3.05, 3.63) is 28.2 Å². The van der Waals surface area contributed by atoms with Crippen molar-refractivity contribution in [3.63, 3.8) is 0 Å². The molecule has 1 rings (SSSR count). The summed E-state index contributed by atoms with van der Waals surface area (Å²) in [6.07, 6.45) is 0. The number of rotatable bonds is 2. The number of aliphatic hydroxyl groups excluding tert-OH is 1. The first kappa shape index (κ1) is 9.51. The lowest BCUT2D eigenvalue weighted by Crippen LogP contribution is -2.14. The lowest BCUT2D eigenvalue weighted by atomic mass is 10.1. The maximum atomic E-state index is 9.37. The summed E-state index contributed by atoms with van der Waals surface area (Å²) >= 11 is 3.20. The number of phenolic OH excluding ortho intramolecular Hbond substituents is 1. The van der Waals surface area contributed by atoms with Crippen molar-refractivity contribution >= 4 is 15.9 Å². The molecule has 4 N–H and O–H groups in total. The smallest absolute Gasteiger partial charge is 0.121 e. The Bertz CT molecular complexity index is 278. The van der Waals surface area contributed by atoms with Crippen LogP contribution in [-0.4, -0.2) is 16.8 Å². The number of nitrogens with two attached hydrogens (primary N) is 1. The Kier molecular flexibility index (Phi) is 3.08. The van der Waals surface area contributed by atoms with Gasteiger partial charge in [0.25, 0.3) is 0 Å². The number of hydrogen-bond acceptors (Lipinski definition) is 3. The highest BCUT2D eigenvalue weighted by Crippen LogP contribution is 2.25. The Morgan fingerprint density at radius 1 is 1.50 bits per heavy atom. The highest BCUT2D eigenvalue weighted by atomic mass is 79.9. The van der Waals surface area contributed by atoms with Crippen LogP contribution in [0.3, 0.4) is 0 Å². The molecular formula is C8H10BrNO2. The van der Waals surface area contributed by atoms with Crippen LogP contribution in [0, 0.1) is 0 Å². The zero-order valence-electron chi connectivity index (χ0n) is 6.37. The van der Waals surface area contributed by atoms with Gasteiger partial charge in [0.1, 0.15) is 5.75 Å². The molecule has 0 spiro atoms. The Labute approximate surface area is 79.0 Å². The molecule has 0 heterocycles. The third kappa shape index (κ3) is 1.97. The van der Waals surface area contributed by atoms with Gasteiger partial charge in [-0.05, 0) is 12.1 Å². The quantitative estimate of drug-likeness (QED) is 0.716. The van der Waals surface area contributed by atoms with Gasteiger partial charge in [-0.15, -0.1) is 0 Å². The van der Waals surface area contributed by atoms with Gasteiger partial charge in [0, 0.05) is 10.0 Å². The van der Waals surface area contributed by atoms with E-state index in [0.717, 1.165) is 4.47 Å². The average Bonchev–Trinajstić information content (AvgIpc) is 2.03. The van der Waals surface area contributed by atoms with Crippen LogP contribution in [0.5, 0.6) is 5.75 Å². The minimum atomic E-state index is -0.516. The summed E-state index contributed by atoms with van der Waals surface area (Å²) < 4.78 is 0.786. The molecule has 3 nitrogen and oxygen atoms in total. The molecule has 0 saturated carbocycles. The lowest BCUT2D eigenvalue weighted by Gasteiger charge is -2.10. The molecule has 4 heteroatoms. The summed E-state index contributed by atoms with van der Waals surface area (Å²) in [4.78, 5) is 0. The Morgan fingerprint density at radius 2 is 2.17 bits per heavy atom. The number of phenols is 1. The molecule has 0 fully saturated rings. The summed E-state index contributed by atoms with van der Waals surface area (Å²) in [5.74, 6) is 0.103. The van der Waals surface area contributed by atoms with Crippen LogP contribution in [0.1, 0.15) is 11.6 Å². The maximum Gasteiger partial charge on any atom is 0.121 e. The number of benzene rings is 1. The van der Waals surface area contributed by atoms with E-state index in [1.807, 2.05) is 0 Å². The van der Waals surface area contributed by atoms with Gasteiger partial charge in [-0.2, -0.15) is 0 Å². The highest BCUT2D eigenvalue weighted by Gasteiger charge is 2.08. The van der Waals surface area contributed by atoms with Gasteiger partial charge in [-0.1, -0.05) is 22.0 Å². The molecule has 0 unspecified atom stereocenters. The predicted molar refractivity (Wildman–Crippen MR) is 49.8 cm³/mol. The second-order valence-electron chi connectivity index (χ2n) is 2.49. The zero-order valence-corrected chi connectivity index (χ0v) is 7.95. The van der Waals surface area contributed by atoms with E-state index in [0.29, 0.717) is 5.56 Å². The minimum Gasteiger partial charge on any atom is -0.508 e. The van der Waals surface area contributed by atoms with Gasteiger partial charge in [0.2, 0.25) is 0 Å². The molecule has 66 valence electrons. The van der Waals surface area contributed by atoms with Gasteiger partial charge in [0.15, 0.2) is 0 Å². The second-order valence-corrected chi connectivity index (χ2v) is 3.41. The van der Waals surface area contributed by atoms with Crippen molar-refractivity contribution in [2.24, 2.45) is 5.73 Å². The summed E-state index contributed by atoms with van der Waals surface area (Å²) in [5.41, 5.74) is 6.08. The summed E-state index contributed by atoms with van der Waals surface area (Å²) in [5, 5.41) is 18.1. The fourth-order valence-electron chi connectivity index (χ4n) is 0.929. The van der Waals surface area contributed by atoms with Crippen molar-refractivity contribution in [1.29, 1.82) is 0 Å². The zero-order chi connectivity index (χ0) is 9.14. The normalized spacial score (nSPS) is 12.9. The molecule has 0 aliphatic rings. The molecule has 1 aromatic carbocycles. The standard InChI is InChI=1S/C8H10BrNO2/c9-5-1-2-6(7(10)4-11)8(12)3-5/h1-3,7,11-12H,4,10H2/t7-/m1/s1. The Balaban J connectivity index is 3.01. The predicted octanol–water partition coefficient (Wildman–Crippen LogP) is 1.15. The van der Waals surface area contributed by atoms with E-state index >= 15 is 0 Å². The first-order valence-electron chi connectivity index (χ1n) is 3.50. The highest BCUT2D eigenvalue weighted by molar-refractivity contribution is 9.10. The number of aromatic hydroxyl groups is 1. The van der Waals surface area contributed by atoms with Gasteiger partial charge >= 0.3 is 0 Å². The first-order valence-corrected chi connectivity index (χ1v) is 4.29. The molecule has 1 atom stereocenters. The van der Waals surface area contributed by atoms with E-state index in [-0.39, 0.29) is 12.4 Å². The number of aliphatic hydroxyl groups is 1. The van der Waals surface area contributed by atoms with E-state index < -0.39 is 6.04 Å². The second kappa shape index (κ2) is 3.89. The molecule has 1 aromatic rings. The molecule has 0 aliphatic carbocycles. The van der Waals surface area contributed by atoms with Crippen LogP contribution in [0.4, 0.5) is 0 Å². The molecule has 0 aliphatic heterocycles. The van der Waals surface area contributed by atoms with Crippen LogP contribution in [0.25, 0.3) is 0 Å². The van der Waals surface area contributed by atoms with E-state index in [1.54, 1.807) is 18.2 Å². The average molecular weight is 232 g/mol. The van der Waals surface area contributed by atoms with Crippen LogP contribution in [0.2, 0.25) is 0 Å². The summed E-state index contributed by atoms with van der Waals surface area (Å²) in [6.45, 7) is -0.171. The molecule has 0 bridgehead atoms. The Hall–Kier alpha value is -0.580. The largest absolute Gasteiger partial charge is 0.508 e. The lowest BCUT2D eigenvalue weighted by molar-refractivity contribution is 0.265.